The number of aromatic nitrogens is 3. The molecule has 0 unspecified atom stereocenters. The van der Waals surface area contributed by atoms with Gasteiger partial charge in [-0.2, -0.15) is 4.98 Å². The second-order valence-corrected chi connectivity index (χ2v) is 10.1. The van der Waals surface area contributed by atoms with Gasteiger partial charge in [-0.05, 0) is 68.3 Å². The number of anilines is 1. The number of aliphatic hydroxyl groups is 1. The number of amides is 1. The number of benzene rings is 2. The van der Waals surface area contributed by atoms with Gasteiger partial charge in [0.1, 0.15) is 10.8 Å². The number of methoxy groups -OCH3 is 1. The van der Waals surface area contributed by atoms with Crippen molar-refractivity contribution in [3.63, 3.8) is 0 Å². The number of fused-ring (bicyclic) bond motifs is 2. The number of hydrogen-bond donors (Lipinski definition) is 2. The Hall–Kier alpha value is -3.95. The topological polar surface area (TPSA) is 106 Å². The van der Waals surface area contributed by atoms with Crippen LogP contribution in [0.25, 0.3) is 11.4 Å². The molecule has 3 heterocycles. The molecule has 0 aliphatic carbocycles. The number of hydrogen-bond acceptors (Lipinski definition) is 8. The van der Waals surface area contributed by atoms with E-state index in [1.54, 1.807) is 13.3 Å². The standard InChI is InChI=1S/C29H28N4O4S/c1-16-5-8-21(11-17(16)2)31-25(35)15-38-29-24-12-23-20(14-34)13-30-18(3)26(23)37-28(24)32-27(33-29)19-6-9-22(36-4)10-7-19/h5-11,13,34H,12,14-15H2,1-4H3,(H,31,35). The van der Waals surface area contributed by atoms with E-state index in [9.17, 15) is 9.90 Å². The Kier molecular flexibility index (Phi) is 7.31. The number of carbonyl (C=O) groups excluding carboxylic acids is 1. The van der Waals surface area contributed by atoms with E-state index >= 15 is 0 Å². The van der Waals surface area contributed by atoms with Crippen molar-refractivity contribution in [2.45, 2.75) is 38.8 Å². The van der Waals surface area contributed by atoms with Crippen molar-refractivity contribution in [1.82, 2.24) is 15.0 Å². The van der Waals surface area contributed by atoms with E-state index in [0.29, 0.717) is 34.5 Å². The fourth-order valence-electron chi connectivity index (χ4n) is 4.23. The predicted molar refractivity (Wildman–Crippen MR) is 147 cm³/mol. The van der Waals surface area contributed by atoms with Crippen LogP contribution in [0, 0.1) is 20.8 Å². The first-order valence-electron chi connectivity index (χ1n) is 12.2. The van der Waals surface area contributed by atoms with Gasteiger partial charge in [0.25, 0.3) is 0 Å². The summed E-state index contributed by atoms with van der Waals surface area (Å²) < 4.78 is 11.5. The van der Waals surface area contributed by atoms with Crippen LogP contribution < -0.4 is 14.8 Å². The number of nitrogens with one attached hydrogen (secondary N) is 1. The fraction of sp³-hybridized carbons (Fsp3) is 0.241. The molecular formula is C29H28N4O4S. The van der Waals surface area contributed by atoms with Crippen LogP contribution in [0.3, 0.4) is 0 Å². The number of carbonyl (C=O) groups is 1. The van der Waals surface area contributed by atoms with Gasteiger partial charge in [-0.15, -0.1) is 0 Å². The number of aliphatic hydroxyl groups excluding tert-OH is 1. The third-order valence-corrected chi connectivity index (χ3v) is 7.55. The molecule has 2 aromatic carbocycles. The van der Waals surface area contributed by atoms with Crippen LogP contribution in [-0.4, -0.2) is 38.8 Å². The molecule has 0 bridgehead atoms. The second-order valence-electron chi connectivity index (χ2n) is 9.11. The van der Waals surface area contributed by atoms with Gasteiger partial charge in [-0.3, -0.25) is 9.78 Å². The van der Waals surface area contributed by atoms with Crippen molar-refractivity contribution in [3.05, 3.63) is 82.2 Å². The Labute approximate surface area is 225 Å². The zero-order valence-electron chi connectivity index (χ0n) is 21.7. The van der Waals surface area contributed by atoms with Crippen LogP contribution in [0.5, 0.6) is 17.4 Å². The van der Waals surface area contributed by atoms with Gasteiger partial charge < -0.3 is 19.9 Å². The number of ether oxygens (including phenoxy) is 2. The van der Waals surface area contributed by atoms with Crippen molar-refractivity contribution >= 4 is 23.4 Å². The first kappa shape index (κ1) is 25.7. The third kappa shape index (κ3) is 5.20. The third-order valence-electron chi connectivity index (χ3n) is 6.54. The second kappa shape index (κ2) is 10.8. The first-order chi connectivity index (χ1) is 18.4. The lowest BCUT2D eigenvalue weighted by atomic mass is 9.99. The van der Waals surface area contributed by atoms with Crippen LogP contribution in [0.4, 0.5) is 5.69 Å². The number of pyridine rings is 1. The molecule has 38 heavy (non-hydrogen) atoms. The average Bonchev–Trinajstić information content (AvgIpc) is 2.93. The lowest BCUT2D eigenvalue weighted by Crippen LogP contribution is -2.16. The average molecular weight is 529 g/mol. The first-order valence-corrected chi connectivity index (χ1v) is 13.2. The highest BCUT2D eigenvalue weighted by molar-refractivity contribution is 8.00. The molecule has 1 aliphatic rings. The van der Waals surface area contributed by atoms with Gasteiger partial charge in [0.15, 0.2) is 11.6 Å². The summed E-state index contributed by atoms with van der Waals surface area (Å²) in [6.45, 7) is 5.77. The zero-order chi connectivity index (χ0) is 26.8. The number of thioether (sulfide) groups is 1. The predicted octanol–water partition coefficient (Wildman–Crippen LogP) is 5.39. The molecule has 1 aliphatic heterocycles. The van der Waals surface area contributed by atoms with E-state index in [-0.39, 0.29) is 18.3 Å². The molecule has 4 aromatic rings. The molecule has 2 N–H and O–H groups in total. The molecule has 0 radical (unpaired) electrons. The van der Waals surface area contributed by atoms with Crippen LogP contribution in [0.2, 0.25) is 0 Å². The molecular weight excluding hydrogens is 500 g/mol. The molecule has 0 fully saturated rings. The molecule has 0 saturated carbocycles. The van der Waals surface area contributed by atoms with E-state index in [1.807, 2.05) is 63.2 Å². The highest BCUT2D eigenvalue weighted by Crippen LogP contribution is 2.42. The Bertz CT molecular complexity index is 1520. The molecule has 9 heteroatoms. The van der Waals surface area contributed by atoms with Gasteiger partial charge >= 0.3 is 0 Å². The minimum absolute atomic E-state index is 0.134. The van der Waals surface area contributed by atoms with Gasteiger partial charge in [0.2, 0.25) is 11.8 Å². The van der Waals surface area contributed by atoms with Gasteiger partial charge in [-0.1, -0.05) is 17.8 Å². The van der Waals surface area contributed by atoms with E-state index in [1.165, 1.54) is 17.3 Å². The van der Waals surface area contributed by atoms with Crippen molar-refractivity contribution in [1.29, 1.82) is 0 Å². The fourth-order valence-corrected chi connectivity index (χ4v) is 5.06. The summed E-state index contributed by atoms with van der Waals surface area (Å²) in [4.78, 5) is 26.8. The summed E-state index contributed by atoms with van der Waals surface area (Å²) in [5.74, 6) is 2.27. The van der Waals surface area contributed by atoms with Crippen molar-refractivity contribution in [2.24, 2.45) is 0 Å². The van der Waals surface area contributed by atoms with E-state index < -0.39 is 0 Å². The summed E-state index contributed by atoms with van der Waals surface area (Å²) in [7, 11) is 1.62. The molecule has 2 aromatic heterocycles. The van der Waals surface area contributed by atoms with Gasteiger partial charge in [-0.25, -0.2) is 4.98 Å². The van der Waals surface area contributed by atoms with Crippen molar-refractivity contribution in [2.75, 3.05) is 18.2 Å². The number of rotatable bonds is 7. The summed E-state index contributed by atoms with van der Waals surface area (Å²) in [5.41, 5.74) is 6.88. The van der Waals surface area contributed by atoms with Gasteiger partial charge in [0.05, 0.1) is 30.7 Å². The molecule has 1 amide bonds. The van der Waals surface area contributed by atoms with Crippen LogP contribution in [0.1, 0.15) is 33.5 Å². The minimum Gasteiger partial charge on any atom is -0.497 e. The summed E-state index contributed by atoms with van der Waals surface area (Å²) in [6, 6.07) is 13.3. The number of aryl methyl sites for hydroxylation is 3. The summed E-state index contributed by atoms with van der Waals surface area (Å²) >= 11 is 1.33. The molecule has 0 atom stereocenters. The molecule has 0 saturated heterocycles. The Morgan fingerprint density at radius 2 is 1.87 bits per heavy atom. The van der Waals surface area contributed by atoms with Crippen molar-refractivity contribution < 1.29 is 19.4 Å². The molecule has 5 rings (SSSR count). The van der Waals surface area contributed by atoms with E-state index in [0.717, 1.165) is 39.4 Å². The maximum atomic E-state index is 12.9. The Morgan fingerprint density at radius 3 is 2.58 bits per heavy atom. The van der Waals surface area contributed by atoms with Crippen LogP contribution >= 0.6 is 11.8 Å². The molecule has 8 nitrogen and oxygen atoms in total. The highest BCUT2D eigenvalue weighted by atomic mass is 32.2. The SMILES string of the molecule is COc1ccc(-c2nc3c(c(SCC(=O)Nc4ccc(C)c(C)c4)n2)Cc2c(CO)cnc(C)c2O3)cc1. The monoisotopic (exact) mass is 528 g/mol. The number of nitrogens with zero attached hydrogens (tertiary/aromatic N) is 3. The van der Waals surface area contributed by atoms with Crippen LogP contribution in [0.15, 0.2) is 53.7 Å². The van der Waals surface area contributed by atoms with Gasteiger partial charge in [0, 0.05) is 35.0 Å². The maximum absolute atomic E-state index is 12.9. The largest absolute Gasteiger partial charge is 0.497 e. The molecule has 0 spiro atoms. The molecule has 194 valence electrons. The zero-order valence-corrected chi connectivity index (χ0v) is 22.5. The normalized spacial score (nSPS) is 11.8. The summed E-state index contributed by atoms with van der Waals surface area (Å²) in [6.07, 6.45) is 2.13. The minimum atomic E-state index is -0.153. The lowest BCUT2D eigenvalue weighted by molar-refractivity contribution is -0.113. The smallest absolute Gasteiger partial charge is 0.234 e. The Balaban J connectivity index is 1.48. The van der Waals surface area contributed by atoms with Crippen LogP contribution in [-0.2, 0) is 17.8 Å². The van der Waals surface area contributed by atoms with Crippen molar-refractivity contribution in [3.8, 4) is 28.8 Å². The van der Waals surface area contributed by atoms with E-state index in [2.05, 4.69) is 10.3 Å². The maximum Gasteiger partial charge on any atom is 0.234 e. The summed E-state index contributed by atoms with van der Waals surface area (Å²) in [5, 5.41) is 13.5. The highest BCUT2D eigenvalue weighted by Gasteiger charge is 2.28. The lowest BCUT2D eigenvalue weighted by Gasteiger charge is -2.24. The Morgan fingerprint density at radius 1 is 1.08 bits per heavy atom. The quantitative estimate of drug-likeness (QED) is 0.214. The van der Waals surface area contributed by atoms with E-state index in [4.69, 9.17) is 19.4 Å².